The lowest BCUT2D eigenvalue weighted by atomic mass is 10.1. The number of hydrogen-bond donors (Lipinski definition) is 4. The summed E-state index contributed by atoms with van der Waals surface area (Å²) in [6.07, 6.45) is -5.84. The van der Waals surface area contributed by atoms with E-state index in [1.54, 1.807) is 0 Å². The Morgan fingerprint density at radius 1 is 1.20 bits per heavy atom. The lowest BCUT2D eigenvalue weighted by Gasteiger charge is -2.14. The number of benzene rings is 1. The van der Waals surface area contributed by atoms with Crippen LogP contribution in [0.25, 0.3) is 0 Å². The average Bonchev–Trinajstić information content (AvgIpc) is 2.34. The number of nitrogen functional groups attached to an aromatic ring is 1. The lowest BCUT2D eigenvalue weighted by molar-refractivity contribution is -0.121. The van der Waals surface area contributed by atoms with Crippen molar-refractivity contribution in [3.05, 3.63) is 29.8 Å². The molecule has 0 spiro atoms. The second-order valence-electron chi connectivity index (χ2n) is 3.97. The molecule has 1 aromatic rings. The molecule has 1 aromatic carbocycles. The SMILES string of the molecule is Nc1ccc(C(O)CNS(=O)(=O)NCC(F)(F)F)cc1. The highest BCUT2D eigenvalue weighted by Crippen LogP contribution is 2.14. The summed E-state index contributed by atoms with van der Waals surface area (Å²) in [5.41, 5.74) is 6.29. The van der Waals surface area contributed by atoms with E-state index in [9.17, 15) is 26.7 Å². The monoisotopic (exact) mass is 313 g/mol. The summed E-state index contributed by atoms with van der Waals surface area (Å²) in [6.45, 7) is -2.14. The smallest absolute Gasteiger partial charge is 0.399 e. The van der Waals surface area contributed by atoms with Crippen LogP contribution in [-0.4, -0.2) is 32.8 Å². The zero-order valence-electron chi connectivity index (χ0n) is 10.2. The summed E-state index contributed by atoms with van der Waals surface area (Å²) >= 11 is 0. The molecule has 0 aromatic heterocycles. The van der Waals surface area contributed by atoms with Gasteiger partial charge in [-0.3, -0.25) is 0 Å². The molecule has 20 heavy (non-hydrogen) atoms. The fourth-order valence-corrected chi connectivity index (χ4v) is 2.09. The van der Waals surface area contributed by atoms with Gasteiger partial charge < -0.3 is 10.8 Å². The molecule has 0 saturated carbocycles. The third kappa shape index (κ3) is 6.19. The van der Waals surface area contributed by atoms with Crippen LogP contribution in [-0.2, 0) is 10.2 Å². The number of halogens is 3. The summed E-state index contributed by atoms with van der Waals surface area (Å²) in [5.74, 6) is 0. The van der Waals surface area contributed by atoms with Crippen molar-refractivity contribution in [2.24, 2.45) is 0 Å². The Morgan fingerprint density at radius 3 is 2.25 bits per heavy atom. The van der Waals surface area contributed by atoms with Crippen molar-refractivity contribution in [3.8, 4) is 0 Å². The van der Waals surface area contributed by atoms with Crippen molar-refractivity contribution >= 4 is 15.9 Å². The molecule has 0 bridgehead atoms. The fraction of sp³-hybridized carbons (Fsp3) is 0.400. The molecule has 5 N–H and O–H groups in total. The first-order chi connectivity index (χ1) is 9.09. The molecule has 1 unspecified atom stereocenters. The third-order valence-corrected chi connectivity index (χ3v) is 3.32. The molecular weight excluding hydrogens is 299 g/mol. The van der Waals surface area contributed by atoms with E-state index in [-0.39, 0.29) is 0 Å². The van der Waals surface area contributed by atoms with Crippen LogP contribution in [0.1, 0.15) is 11.7 Å². The number of nitrogens with one attached hydrogen (secondary N) is 2. The van der Waals surface area contributed by atoms with E-state index < -0.39 is 35.6 Å². The predicted octanol–water partition coefficient (Wildman–Crippen LogP) is 0.288. The van der Waals surface area contributed by atoms with Crippen LogP contribution in [0.2, 0.25) is 0 Å². The topological polar surface area (TPSA) is 104 Å². The van der Waals surface area contributed by atoms with E-state index in [0.29, 0.717) is 11.3 Å². The van der Waals surface area contributed by atoms with Crippen molar-refractivity contribution in [2.75, 3.05) is 18.8 Å². The second-order valence-corrected chi connectivity index (χ2v) is 5.55. The molecule has 0 aliphatic carbocycles. The van der Waals surface area contributed by atoms with Gasteiger partial charge in [-0.05, 0) is 17.7 Å². The Bertz CT molecular complexity index is 531. The molecule has 0 aliphatic heterocycles. The molecular formula is C10H14F3N3O3S. The fourth-order valence-electron chi connectivity index (χ4n) is 1.25. The van der Waals surface area contributed by atoms with Gasteiger partial charge in [0.1, 0.15) is 6.54 Å². The standard InChI is InChI=1S/C10H14F3N3O3S/c11-10(12,13)6-16-20(18,19)15-5-9(17)7-1-3-8(14)4-2-7/h1-4,9,15-17H,5-6,14H2. The molecule has 114 valence electrons. The third-order valence-electron chi connectivity index (χ3n) is 2.25. The highest BCUT2D eigenvalue weighted by Gasteiger charge is 2.29. The van der Waals surface area contributed by atoms with Crippen LogP contribution in [0, 0.1) is 0 Å². The molecule has 6 nitrogen and oxygen atoms in total. The zero-order chi connectivity index (χ0) is 15.4. The molecule has 0 amide bonds. The van der Waals surface area contributed by atoms with Crippen LogP contribution in [0.3, 0.4) is 0 Å². The zero-order valence-corrected chi connectivity index (χ0v) is 11.0. The van der Waals surface area contributed by atoms with E-state index in [4.69, 9.17) is 5.73 Å². The maximum atomic E-state index is 11.9. The first kappa shape index (κ1) is 16.7. The number of aliphatic hydroxyl groups excluding tert-OH is 1. The molecule has 0 saturated heterocycles. The number of anilines is 1. The Morgan fingerprint density at radius 2 is 1.75 bits per heavy atom. The summed E-state index contributed by atoms with van der Waals surface area (Å²) in [7, 11) is -4.33. The van der Waals surface area contributed by atoms with Gasteiger partial charge in [-0.15, -0.1) is 0 Å². The number of hydrogen-bond acceptors (Lipinski definition) is 4. The molecule has 0 aliphatic rings. The van der Waals surface area contributed by atoms with Crippen LogP contribution in [0.5, 0.6) is 0 Å². The van der Waals surface area contributed by atoms with Crippen LogP contribution in [0.15, 0.2) is 24.3 Å². The van der Waals surface area contributed by atoms with E-state index in [1.165, 1.54) is 29.0 Å². The van der Waals surface area contributed by atoms with E-state index in [2.05, 4.69) is 0 Å². The summed E-state index contributed by atoms with van der Waals surface area (Å²) in [5, 5.41) is 9.69. The highest BCUT2D eigenvalue weighted by molar-refractivity contribution is 7.87. The summed E-state index contributed by atoms with van der Waals surface area (Å²) < 4.78 is 61.2. The number of alkyl halides is 3. The van der Waals surface area contributed by atoms with Crippen LogP contribution in [0.4, 0.5) is 18.9 Å². The van der Waals surface area contributed by atoms with Gasteiger partial charge >= 0.3 is 6.18 Å². The first-order valence-electron chi connectivity index (χ1n) is 5.43. The van der Waals surface area contributed by atoms with E-state index in [0.717, 1.165) is 0 Å². The Hall–Kier alpha value is -1.36. The first-order valence-corrected chi connectivity index (χ1v) is 6.92. The maximum absolute atomic E-state index is 11.9. The molecule has 0 radical (unpaired) electrons. The summed E-state index contributed by atoms with van der Waals surface area (Å²) in [4.78, 5) is 0. The number of rotatable bonds is 6. The molecule has 10 heteroatoms. The van der Waals surface area contributed by atoms with Gasteiger partial charge in [0.15, 0.2) is 0 Å². The molecule has 1 atom stereocenters. The van der Waals surface area contributed by atoms with Crippen LogP contribution < -0.4 is 15.2 Å². The molecule has 0 heterocycles. The average molecular weight is 313 g/mol. The number of nitrogens with two attached hydrogens (primary N) is 1. The van der Waals surface area contributed by atoms with Crippen molar-refractivity contribution in [2.45, 2.75) is 12.3 Å². The Labute approximate surface area is 114 Å². The quantitative estimate of drug-likeness (QED) is 0.567. The lowest BCUT2D eigenvalue weighted by Crippen LogP contribution is -2.42. The van der Waals surface area contributed by atoms with Gasteiger partial charge in [-0.1, -0.05) is 12.1 Å². The minimum atomic E-state index is -4.65. The van der Waals surface area contributed by atoms with Crippen LogP contribution >= 0.6 is 0 Å². The second kappa shape index (κ2) is 6.39. The molecule has 0 fully saturated rings. The minimum absolute atomic E-state index is 0.387. The van der Waals surface area contributed by atoms with Crippen molar-refractivity contribution in [1.82, 2.24) is 9.44 Å². The van der Waals surface area contributed by atoms with Crippen molar-refractivity contribution < 1.29 is 26.7 Å². The van der Waals surface area contributed by atoms with Gasteiger partial charge in [-0.25, -0.2) is 0 Å². The van der Waals surface area contributed by atoms with Gasteiger partial charge in [0.05, 0.1) is 6.10 Å². The van der Waals surface area contributed by atoms with E-state index in [1.807, 2.05) is 4.72 Å². The predicted molar refractivity (Wildman–Crippen MR) is 66.8 cm³/mol. The normalized spacial score (nSPS) is 14.2. The summed E-state index contributed by atoms with van der Waals surface area (Å²) in [6, 6.07) is 5.98. The highest BCUT2D eigenvalue weighted by atomic mass is 32.2. The van der Waals surface area contributed by atoms with Crippen molar-refractivity contribution in [1.29, 1.82) is 0 Å². The van der Waals surface area contributed by atoms with Gasteiger partial charge in [0.2, 0.25) is 0 Å². The Balaban J connectivity index is 2.51. The van der Waals surface area contributed by atoms with Gasteiger partial charge in [-0.2, -0.15) is 31.0 Å². The van der Waals surface area contributed by atoms with Crippen molar-refractivity contribution in [3.63, 3.8) is 0 Å². The maximum Gasteiger partial charge on any atom is 0.402 e. The minimum Gasteiger partial charge on any atom is -0.399 e. The Kier molecular flexibility index (Phi) is 5.34. The van der Waals surface area contributed by atoms with Gasteiger partial charge in [0, 0.05) is 12.2 Å². The van der Waals surface area contributed by atoms with Gasteiger partial charge in [0.25, 0.3) is 10.2 Å². The largest absolute Gasteiger partial charge is 0.402 e. The van der Waals surface area contributed by atoms with E-state index >= 15 is 0 Å². The molecule has 1 rings (SSSR count). The number of aliphatic hydroxyl groups is 1.